The van der Waals surface area contributed by atoms with E-state index in [1.54, 1.807) is 0 Å². The van der Waals surface area contributed by atoms with Crippen molar-refractivity contribution >= 4 is 43.6 Å². The summed E-state index contributed by atoms with van der Waals surface area (Å²) >= 11 is 8.95. The molecule has 3 heteroatoms. The van der Waals surface area contributed by atoms with Crippen molar-refractivity contribution in [1.82, 2.24) is 0 Å². The zero-order valence-electron chi connectivity index (χ0n) is 8.17. The smallest absolute Gasteiger partial charge is 0.0175 e. The van der Waals surface area contributed by atoms with Crippen LogP contribution in [0.3, 0.4) is 0 Å². The van der Waals surface area contributed by atoms with Crippen molar-refractivity contribution in [3.63, 3.8) is 0 Å². The molecule has 0 aliphatic heterocycles. The van der Waals surface area contributed by atoms with E-state index < -0.39 is 0 Å². The maximum atomic E-state index is 3.58. The predicted octanol–water partition coefficient (Wildman–Crippen LogP) is 4.68. The van der Waals surface area contributed by atoms with Crippen LogP contribution < -0.4 is 0 Å². The molecule has 0 aromatic heterocycles. The predicted molar refractivity (Wildman–Crippen MR) is 73.7 cm³/mol. The second kappa shape index (κ2) is 6.91. The molecule has 0 radical (unpaired) electrons. The summed E-state index contributed by atoms with van der Waals surface area (Å²) < 4.78 is 1.15. The fourth-order valence-electron chi connectivity index (χ4n) is 1.33. The van der Waals surface area contributed by atoms with Crippen molar-refractivity contribution in [1.29, 1.82) is 0 Å². The van der Waals surface area contributed by atoms with Gasteiger partial charge >= 0.3 is 0 Å². The summed E-state index contributed by atoms with van der Waals surface area (Å²) in [5.41, 5.74) is 1.43. The minimum Gasteiger partial charge on any atom is -0.165 e. The molecule has 0 heterocycles. The van der Waals surface area contributed by atoms with Gasteiger partial charge in [0.25, 0.3) is 0 Å². The van der Waals surface area contributed by atoms with Crippen LogP contribution >= 0.6 is 43.6 Å². The first kappa shape index (κ1) is 12.6. The van der Waals surface area contributed by atoms with Gasteiger partial charge in [-0.05, 0) is 42.0 Å². The molecule has 1 aromatic rings. The van der Waals surface area contributed by atoms with Gasteiger partial charge in [-0.25, -0.2) is 0 Å². The number of alkyl halides is 1. The van der Waals surface area contributed by atoms with Crippen molar-refractivity contribution in [2.24, 2.45) is 0 Å². The van der Waals surface area contributed by atoms with Gasteiger partial charge in [0, 0.05) is 9.80 Å². The first-order valence-corrected chi connectivity index (χ1v) is 7.89. The van der Waals surface area contributed by atoms with Gasteiger partial charge in [-0.3, -0.25) is 0 Å². The molecule has 0 N–H and O–H groups in total. The lowest BCUT2D eigenvalue weighted by atomic mass is 9.99. The lowest BCUT2D eigenvalue weighted by Gasteiger charge is -2.13. The van der Waals surface area contributed by atoms with Gasteiger partial charge in [-0.2, -0.15) is 11.8 Å². The molecule has 0 nitrogen and oxygen atoms in total. The largest absolute Gasteiger partial charge is 0.165 e. The monoisotopic (exact) mass is 336 g/mol. The Balaban J connectivity index is 2.64. The molecular weight excluding hydrogens is 324 g/mol. The molecule has 0 saturated carbocycles. The summed E-state index contributed by atoms with van der Waals surface area (Å²) in [6.07, 6.45) is 3.40. The summed E-state index contributed by atoms with van der Waals surface area (Å²) in [5, 5.41) is 1.05. The third kappa shape index (κ3) is 3.95. The van der Waals surface area contributed by atoms with Gasteiger partial charge in [0.2, 0.25) is 0 Å². The highest BCUT2D eigenvalue weighted by Crippen LogP contribution is 2.24. The molecule has 1 rings (SSSR count). The van der Waals surface area contributed by atoms with Crippen LogP contribution in [0.25, 0.3) is 0 Å². The highest BCUT2D eigenvalue weighted by molar-refractivity contribution is 9.10. The number of rotatable bonds is 5. The van der Waals surface area contributed by atoms with E-state index in [1.165, 1.54) is 17.7 Å². The normalized spacial score (nSPS) is 12.8. The average molecular weight is 338 g/mol. The molecule has 0 amide bonds. The third-order valence-corrected chi connectivity index (χ3v) is 4.15. The van der Waals surface area contributed by atoms with Gasteiger partial charge in [-0.1, -0.05) is 44.0 Å². The average Bonchev–Trinajstić information content (AvgIpc) is 2.21. The highest BCUT2D eigenvalue weighted by atomic mass is 79.9. The molecule has 0 fully saturated rings. The van der Waals surface area contributed by atoms with E-state index in [1.807, 2.05) is 11.8 Å². The van der Waals surface area contributed by atoms with E-state index in [2.05, 4.69) is 62.4 Å². The first-order chi connectivity index (χ1) is 6.77. The number of halogens is 2. The fraction of sp³-hybridized carbons (Fsp3) is 0.455. The minimum absolute atomic E-state index is 0.649. The number of benzene rings is 1. The van der Waals surface area contributed by atoms with Crippen LogP contribution in [-0.2, 0) is 0 Å². The summed E-state index contributed by atoms with van der Waals surface area (Å²) in [6.45, 7) is 0. The van der Waals surface area contributed by atoms with E-state index in [4.69, 9.17) is 0 Å². The van der Waals surface area contributed by atoms with Gasteiger partial charge in [0.15, 0.2) is 0 Å². The second-order valence-corrected chi connectivity index (χ2v) is 5.73. The Bertz CT molecular complexity index is 258. The van der Waals surface area contributed by atoms with E-state index in [0.29, 0.717) is 5.92 Å². The van der Waals surface area contributed by atoms with Crippen LogP contribution in [0.2, 0.25) is 0 Å². The molecule has 0 bridgehead atoms. The molecule has 1 atom stereocenters. The van der Waals surface area contributed by atoms with Gasteiger partial charge in [0.05, 0.1) is 0 Å². The standard InChI is InChI=1S/C11H14Br2S/c1-14-7-6-10(8-12)9-2-4-11(13)5-3-9/h2-5,10H,6-8H2,1H3. The van der Waals surface area contributed by atoms with Crippen LogP contribution in [0.4, 0.5) is 0 Å². The Morgan fingerprint density at radius 1 is 1.29 bits per heavy atom. The highest BCUT2D eigenvalue weighted by Gasteiger charge is 2.08. The summed E-state index contributed by atoms with van der Waals surface area (Å²) in [7, 11) is 0. The topological polar surface area (TPSA) is 0 Å². The molecule has 1 aromatic carbocycles. The molecule has 0 spiro atoms. The van der Waals surface area contributed by atoms with Gasteiger partial charge in [-0.15, -0.1) is 0 Å². The Kier molecular flexibility index (Phi) is 6.22. The number of hydrogen-bond donors (Lipinski definition) is 0. The Labute approximate surface area is 107 Å². The number of thioether (sulfide) groups is 1. The first-order valence-electron chi connectivity index (χ1n) is 4.58. The van der Waals surface area contributed by atoms with E-state index in [0.717, 1.165) is 9.80 Å². The maximum Gasteiger partial charge on any atom is 0.0175 e. The van der Waals surface area contributed by atoms with Crippen molar-refractivity contribution in [2.45, 2.75) is 12.3 Å². The van der Waals surface area contributed by atoms with Crippen LogP contribution in [0.1, 0.15) is 17.9 Å². The lowest BCUT2D eigenvalue weighted by molar-refractivity contribution is 0.757. The second-order valence-electron chi connectivity index (χ2n) is 3.18. The van der Waals surface area contributed by atoms with Crippen LogP contribution in [0.5, 0.6) is 0 Å². The van der Waals surface area contributed by atoms with E-state index in [-0.39, 0.29) is 0 Å². The van der Waals surface area contributed by atoms with Crippen LogP contribution in [0.15, 0.2) is 28.7 Å². The Morgan fingerprint density at radius 3 is 2.43 bits per heavy atom. The van der Waals surface area contributed by atoms with Crippen molar-refractivity contribution in [2.75, 3.05) is 17.3 Å². The van der Waals surface area contributed by atoms with Crippen molar-refractivity contribution < 1.29 is 0 Å². The molecule has 0 aliphatic rings. The van der Waals surface area contributed by atoms with Gasteiger partial charge in [0.1, 0.15) is 0 Å². The quantitative estimate of drug-likeness (QED) is 0.703. The molecule has 78 valence electrons. The lowest BCUT2D eigenvalue weighted by Crippen LogP contribution is -2.01. The summed E-state index contributed by atoms with van der Waals surface area (Å²) in [4.78, 5) is 0. The molecule has 1 unspecified atom stereocenters. The Morgan fingerprint density at radius 2 is 1.93 bits per heavy atom. The van der Waals surface area contributed by atoms with Crippen molar-refractivity contribution in [3.8, 4) is 0 Å². The molecule has 0 aliphatic carbocycles. The minimum atomic E-state index is 0.649. The van der Waals surface area contributed by atoms with E-state index >= 15 is 0 Å². The fourth-order valence-corrected chi connectivity index (χ4v) is 2.81. The number of hydrogen-bond acceptors (Lipinski definition) is 1. The van der Waals surface area contributed by atoms with Crippen LogP contribution in [-0.4, -0.2) is 17.3 Å². The SMILES string of the molecule is CSCCC(CBr)c1ccc(Br)cc1. The summed E-state index contributed by atoms with van der Waals surface area (Å²) in [6, 6.07) is 8.64. The summed E-state index contributed by atoms with van der Waals surface area (Å²) in [5.74, 6) is 1.88. The van der Waals surface area contributed by atoms with Crippen molar-refractivity contribution in [3.05, 3.63) is 34.3 Å². The Hall–Kier alpha value is 0.530. The maximum absolute atomic E-state index is 3.58. The zero-order chi connectivity index (χ0) is 10.4. The van der Waals surface area contributed by atoms with E-state index in [9.17, 15) is 0 Å². The molecule has 14 heavy (non-hydrogen) atoms. The molecular formula is C11H14Br2S. The van der Waals surface area contributed by atoms with Crippen LogP contribution in [0, 0.1) is 0 Å². The zero-order valence-corrected chi connectivity index (χ0v) is 12.2. The molecule has 0 saturated heterocycles. The van der Waals surface area contributed by atoms with Gasteiger partial charge < -0.3 is 0 Å². The third-order valence-electron chi connectivity index (χ3n) is 2.20.